The van der Waals surface area contributed by atoms with E-state index in [2.05, 4.69) is 22.1 Å². The number of rotatable bonds is 5. The summed E-state index contributed by atoms with van der Waals surface area (Å²) in [7, 11) is 0. The third kappa shape index (κ3) is 4.92. The molecule has 128 valence electrons. The van der Waals surface area contributed by atoms with E-state index in [1.54, 1.807) is 11.3 Å². The molecule has 0 radical (unpaired) electrons. The van der Waals surface area contributed by atoms with Crippen molar-refractivity contribution in [3.8, 4) is 0 Å². The van der Waals surface area contributed by atoms with E-state index in [4.69, 9.17) is 9.73 Å². The number of guanidine groups is 1. The molecule has 2 rings (SSSR count). The smallest absolute Gasteiger partial charge is 0.310 e. The topological polar surface area (TPSA) is 66.8 Å². The van der Waals surface area contributed by atoms with Crippen LogP contribution in [-0.2, 0) is 16.1 Å². The monoisotopic (exact) mass is 338 g/mol. The van der Waals surface area contributed by atoms with E-state index in [-0.39, 0.29) is 11.9 Å². The molecule has 23 heavy (non-hydrogen) atoms. The molecule has 1 unspecified atom stereocenters. The SMILES string of the molecule is CCNC(=NCc1scnc1C)N1CCCC(C(=O)OCC)C1. The zero-order valence-corrected chi connectivity index (χ0v) is 15.0. The average Bonchev–Trinajstić information content (AvgIpc) is 2.97. The van der Waals surface area contributed by atoms with Gasteiger partial charge >= 0.3 is 5.97 Å². The van der Waals surface area contributed by atoms with Crippen LogP contribution in [-0.4, -0.2) is 48.1 Å². The molecule has 0 bridgehead atoms. The van der Waals surface area contributed by atoms with Crippen LogP contribution in [0, 0.1) is 12.8 Å². The third-order valence-corrected chi connectivity index (χ3v) is 4.81. The lowest BCUT2D eigenvalue weighted by Gasteiger charge is -2.34. The van der Waals surface area contributed by atoms with Crippen LogP contribution >= 0.6 is 11.3 Å². The molecule has 1 atom stereocenters. The number of aliphatic imine (C=N–C) groups is 1. The molecular weight excluding hydrogens is 312 g/mol. The van der Waals surface area contributed by atoms with Crippen LogP contribution < -0.4 is 5.32 Å². The maximum Gasteiger partial charge on any atom is 0.310 e. The van der Waals surface area contributed by atoms with Gasteiger partial charge in [0.05, 0.1) is 30.3 Å². The minimum absolute atomic E-state index is 0.0577. The number of hydrogen-bond acceptors (Lipinski definition) is 5. The predicted molar refractivity (Wildman–Crippen MR) is 92.6 cm³/mol. The van der Waals surface area contributed by atoms with E-state index < -0.39 is 0 Å². The quantitative estimate of drug-likeness (QED) is 0.506. The number of esters is 1. The molecule has 1 saturated heterocycles. The highest BCUT2D eigenvalue weighted by Gasteiger charge is 2.28. The summed E-state index contributed by atoms with van der Waals surface area (Å²) in [5, 5.41) is 3.33. The van der Waals surface area contributed by atoms with Gasteiger partial charge in [-0.25, -0.2) is 9.98 Å². The number of aryl methyl sites for hydroxylation is 1. The highest BCUT2D eigenvalue weighted by Crippen LogP contribution is 2.19. The Bertz CT molecular complexity index is 544. The minimum Gasteiger partial charge on any atom is -0.466 e. The lowest BCUT2D eigenvalue weighted by molar-refractivity contribution is -0.149. The molecule has 1 aromatic heterocycles. The van der Waals surface area contributed by atoms with Crippen molar-refractivity contribution in [3.05, 3.63) is 16.1 Å². The van der Waals surface area contributed by atoms with E-state index >= 15 is 0 Å². The molecule has 0 amide bonds. The lowest BCUT2D eigenvalue weighted by atomic mass is 9.98. The van der Waals surface area contributed by atoms with Gasteiger partial charge in [0, 0.05) is 24.5 Å². The number of piperidine rings is 1. The molecule has 0 saturated carbocycles. The van der Waals surface area contributed by atoms with Gasteiger partial charge in [0.15, 0.2) is 5.96 Å². The van der Waals surface area contributed by atoms with Gasteiger partial charge in [-0.1, -0.05) is 0 Å². The summed E-state index contributed by atoms with van der Waals surface area (Å²) >= 11 is 1.63. The van der Waals surface area contributed by atoms with Gasteiger partial charge < -0.3 is 15.0 Å². The van der Waals surface area contributed by atoms with Crippen LogP contribution in [0.3, 0.4) is 0 Å². The summed E-state index contributed by atoms with van der Waals surface area (Å²) in [6, 6.07) is 0. The number of carbonyl (C=O) groups is 1. The Hall–Kier alpha value is -1.63. The fraction of sp³-hybridized carbons (Fsp3) is 0.688. The Morgan fingerprint density at radius 1 is 1.57 bits per heavy atom. The van der Waals surface area contributed by atoms with Gasteiger partial charge in [0.2, 0.25) is 0 Å². The first kappa shape index (κ1) is 17.7. The van der Waals surface area contributed by atoms with E-state index in [0.717, 1.165) is 37.6 Å². The molecule has 0 aromatic carbocycles. The first-order valence-electron chi connectivity index (χ1n) is 8.24. The van der Waals surface area contributed by atoms with Gasteiger partial charge in [-0.2, -0.15) is 0 Å². The summed E-state index contributed by atoms with van der Waals surface area (Å²) in [6.45, 7) is 9.37. The molecule has 2 heterocycles. The number of aromatic nitrogens is 1. The van der Waals surface area contributed by atoms with Crippen molar-refractivity contribution in [1.29, 1.82) is 0 Å². The number of hydrogen-bond donors (Lipinski definition) is 1. The third-order valence-electron chi connectivity index (χ3n) is 3.89. The number of thiazole rings is 1. The van der Waals surface area contributed by atoms with Gasteiger partial charge in [0.1, 0.15) is 0 Å². The van der Waals surface area contributed by atoms with Crippen LogP contribution in [0.4, 0.5) is 0 Å². The number of likely N-dealkylation sites (tertiary alicyclic amines) is 1. The van der Waals surface area contributed by atoms with Gasteiger partial charge in [-0.3, -0.25) is 4.79 Å². The van der Waals surface area contributed by atoms with E-state index in [1.165, 1.54) is 4.88 Å². The highest BCUT2D eigenvalue weighted by molar-refractivity contribution is 7.09. The number of nitrogens with zero attached hydrogens (tertiary/aromatic N) is 3. The molecule has 0 spiro atoms. The Kier molecular flexibility index (Phi) is 6.83. The first-order valence-corrected chi connectivity index (χ1v) is 9.12. The lowest BCUT2D eigenvalue weighted by Crippen LogP contribution is -2.48. The summed E-state index contributed by atoms with van der Waals surface area (Å²) in [6.07, 6.45) is 1.87. The molecule has 7 heteroatoms. The number of ether oxygens (including phenoxy) is 1. The highest BCUT2D eigenvalue weighted by atomic mass is 32.1. The second-order valence-electron chi connectivity index (χ2n) is 5.57. The van der Waals surface area contributed by atoms with Gasteiger partial charge in [-0.05, 0) is 33.6 Å². The van der Waals surface area contributed by atoms with Crippen LogP contribution in [0.25, 0.3) is 0 Å². The van der Waals surface area contributed by atoms with Crippen molar-refractivity contribution in [2.24, 2.45) is 10.9 Å². The first-order chi connectivity index (χ1) is 11.2. The van der Waals surface area contributed by atoms with Crippen molar-refractivity contribution in [1.82, 2.24) is 15.2 Å². The minimum atomic E-state index is -0.0913. The van der Waals surface area contributed by atoms with E-state index in [1.807, 2.05) is 19.4 Å². The maximum atomic E-state index is 12.0. The second kappa shape index (κ2) is 8.86. The molecule has 0 aliphatic carbocycles. The largest absolute Gasteiger partial charge is 0.466 e. The van der Waals surface area contributed by atoms with Gasteiger partial charge in [0.25, 0.3) is 0 Å². The van der Waals surface area contributed by atoms with Crippen molar-refractivity contribution >= 4 is 23.3 Å². The molecule has 1 aliphatic heterocycles. The maximum absolute atomic E-state index is 12.0. The zero-order chi connectivity index (χ0) is 16.7. The Balaban J connectivity index is 2.04. The van der Waals surface area contributed by atoms with Crippen molar-refractivity contribution in [2.75, 3.05) is 26.2 Å². The molecule has 1 aliphatic rings. The number of nitrogens with one attached hydrogen (secondary N) is 1. The number of carbonyl (C=O) groups excluding carboxylic acids is 1. The fourth-order valence-corrected chi connectivity index (χ4v) is 3.37. The second-order valence-corrected chi connectivity index (χ2v) is 6.51. The van der Waals surface area contributed by atoms with Crippen molar-refractivity contribution < 1.29 is 9.53 Å². The summed E-state index contributed by atoms with van der Waals surface area (Å²) in [4.78, 5) is 24.3. The molecule has 1 N–H and O–H groups in total. The fourth-order valence-electron chi connectivity index (χ4n) is 2.67. The van der Waals surface area contributed by atoms with Crippen LogP contribution in [0.2, 0.25) is 0 Å². The standard InChI is InChI=1S/C16H26N4O2S/c1-4-17-16(18-9-14-12(3)19-11-23-14)20-8-6-7-13(10-20)15(21)22-5-2/h11,13H,4-10H2,1-3H3,(H,17,18). The zero-order valence-electron chi connectivity index (χ0n) is 14.2. The Labute approximate surface area is 142 Å². The molecule has 6 nitrogen and oxygen atoms in total. The molecule has 1 aromatic rings. The summed E-state index contributed by atoms with van der Waals surface area (Å²) < 4.78 is 5.17. The Morgan fingerprint density at radius 3 is 3.04 bits per heavy atom. The molecular formula is C16H26N4O2S. The average molecular weight is 338 g/mol. The Morgan fingerprint density at radius 2 is 2.39 bits per heavy atom. The van der Waals surface area contributed by atoms with E-state index in [9.17, 15) is 4.79 Å². The van der Waals surface area contributed by atoms with Crippen molar-refractivity contribution in [3.63, 3.8) is 0 Å². The predicted octanol–water partition coefficient (Wildman–Crippen LogP) is 2.19. The normalized spacial score (nSPS) is 18.8. The van der Waals surface area contributed by atoms with E-state index in [0.29, 0.717) is 19.7 Å². The van der Waals surface area contributed by atoms with Gasteiger partial charge in [-0.15, -0.1) is 11.3 Å². The van der Waals surface area contributed by atoms with Crippen LogP contribution in [0.1, 0.15) is 37.3 Å². The molecule has 1 fully saturated rings. The van der Waals surface area contributed by atoms with Crippen molar-refractivity contribution in [2.45, 2.75) is 40.2 Å². The van der Waals surface area contributed by atoms with Crippen LogP contribution in [0.15, 0.2) is 10.5 Å². The summed E-state index contributed by atoms with van der Waals surface area (Å²) in [5.41, 5.74) is 2.89. The summed E-state index contributed by atoms with van der Waals surface area (Å²) in [5.74, 6) is 0.721. The van der Waals surface area contributed by atoms with Crippen LogP contribution in [0.5, 0.6) is 0 Å².